The summed E-state index contributed by atoms with van der Waals surface area (Å²) >= 11 is 0. The quantitative estimate of drug-likeness (QED) is 0.0523. The Bertz CT molecular complexity index is 3090. The van der Waals surface area contributed by atoms with Gasteiger partial charge in [0.15, 0.2) is 0 Å². The van der Waals surface area contributed by atoms with E-state index in [1.165, 1.54) is 94.8 Å². The number of hydrogen-bond donors (Lipinski definition) is 0. The molecule has 14 heteroatoms. The first-order valence-electron chi connectivity index (χ1n) is 27.1. The summed E-state index contributed by atoms with van der Waals surface area (Å²) in [4.78, 5) is 2.36. The van der Waals surface area contributed by atoms with E-state index in [1.54, 1.807) is 43.3 Å². The van der Waals surface area contributed by atoms with Gasteiger partial charge in [0.25, 0.3) is 0 Å². The largest absolute Gasteiger partial charge is 0.416 e. The molecule has 0 aliphatic heterocycles. The first kappa shape index (κ1) is 58.4. The molecule has 0 aromatic heterocycles. The Hall–Kier alpha value is -6.70. The van der Waals surface area contributed by atoms with Crippen LogP contribution >= 0.6 is 0 Å². The standard InChI is InChI=1S/C65H64F12N2/c1-5-7-9-11-13-15-33-61(34-16-14-12-10-8-6-2)59-35-44(4)19-31-57(59)58-32-22-46(36-60(58)61)45-20-25-52(26-21-45)79(56-41-49(64(72,73)74)38-50(42-56)65(75,76)77)54-29-27-53(28-30-54)78(51-23-17-43(3)18-24-51)55-39-47(62(66,67)68)37-48(40-55)63(69,70)71/h17-32,35-42H,5-16,33-34H2,1-4H3. The second kappa shape index (κ2) is 23.9. The van der Waals surface area contributed by atoms with Crippen molar-refractivity contribution in [2.24, 2.45) is 0 Å². The zero-order valence-corrected chi connectivity index (χ0v) is 44.7. The van der Waals surface area contributed by atoms with E-state index in [9.17, 15) is 52.7 Å². The molecular weight excluding hydrogens is 1040 g/mol. The van der Waals surface area contributed by atoms with Gasteiger partial charge < -0.3 is 9.80 Å². The Labute approximate surface area is 455 Å². The van der Waals surface area contributed by atoms with Crippen LogP contribution < -0.4 is 9.80 Å². The molecule has 7 aromatic carbocycles. The van der Waals surface area contributed by atoms with E-state index in [-0.39, 0.29) is 40.3 Å². The van der Waals surface area contributed by atoms with Crippen LogP contribution in [-0.4, -0.2) is 0 Å². The third kappa shape index (κ3) is 13.5. The highest BCUT2D eigenvalue weighted by molar-refractivity contribution is 5.86. The molecule has 7 aromatic rings. The molecule has 0 amide bonds. The van der Waals surface area contributed by atoms with Crippen LogP contribution in [-0.2, 0) is 30.1 Å². The number of benzene rings is 7. The SMILES string of the molecule is CCCCCCCCC1(CCCCCCCC)c2cc(C)ccc2-c2ccc(-c3ccc(N(c4ccc(N(c5ccc(C)cc5)c5cc(C(F)(F)F)cc(C(F)(F)F)c5)cc4)c4cc(C(F)(F)F)cc(C(F)(F)F)c4)cc3)cc21. The summed E-state index contributed by atoms with van der Waals surface area (Å²) in [6.07, 6.45) is -5.02. The van der Waals surface area contributed by atoms with Crippen molar-refractivity contribution in [3.63, 3.8) is 0 Å². The highest BCUT2D eigenvalue weighted by Gasteiger charge is 2.43. The molecular formula is C65H64F12N2. The van der Waals surface area contributed by atoms with Crippen LogP contribution in [0, 0.1) is 13.8 Å². The number of unbranched alkanes of at least 4 members (excludes halogenated alkanes) is 10. The summed E-state index contributed by atoms with van der Waals surface area (Å²) in [5.41, 5.74) is 1.36. The second-order valence-corrected chi connectivity index (χ2v) is 21.0. The van der Waals surface area contributed by atoms with Gasteiger partial charge in [-0.3, -0.25) is 0 Å². The van der Waals surface area contributed by atoms with Gasteiger partial charge in [-0.05, 0) is 151 Å². The highest BCUT2D eigenvalue weighted by atomic mass is 19.4. The number of hydrogen-bond acceptors (Lipinski definition) is 2. The van der Waals surface area contributed by atoms with Crippen molar-refractivity contribution in [3.8, 4) is 22.3 Å². The van der Waals surface area contributed by atoms with E-state index >= 15 is 0 Å². The zero-order valence-electron chi connectivity index (χ0n) is 44.7. The van der Waals surface area contributed by atoms with Crippen LogP contribution in [0.3, 0.4) is 0 Å². The van der Waals surface area contributed by atoms with Crippen LogP contribution in [0.25, 0.3) is 22.3 Å². The molecule has 0 saturated heterocycles. The van der Waals surface area contributed by atoms with E-state index in [2.05, 4.69) is 51.1 Å². The molecule has 0 N–H and O–H groups in total. The molecule has 0 spiro atoms. The minimum Gasteiger partial charge on any atom is -0.310 e. The first-order chi connectivity index (χ1) is 37.4. The van der Waals surface area contributed by atoms with Crippen LogP contribution in [0.2, 0.25) is 0 Å². The lowest BCUT2D eigenvalue weighted by Crippen LogP contribution is -2.25. The fourth-order valence-electron chi connectivity index (χ4n) is 11.1. The molecule has 0 saturated carbocycles. The topological polar surface area (TPSA) is 6.48 Å². The van der Waals surface area contributed by atoms with Crippen LogP contribution in [0.5, 0.6) is 0 Å². The Morgan fingerprint density at radius 2 is 0.633 bits per heavy atom. The minimum absolute atomic E-state index is 0.0131. The van der Waals surface area contributed by atoms with Gasteiger partial charge in [-0.25, -0.2) is 0 Å². The second-order valence-electron chi connectivity index (χ2n) is 21.0. The summed E-state index contributed by atoms with van der Waals surface area (Å²) in [7, 11) is 0. The number of anilines is 6. The Kier molecular flexibility index (Phi) is 17.7. The predicted octanol–water partition coefficient (Wildman–Crippen LogP) is 22.8. The van der Waals surface area contributed by atoms with E-state index in [4.69, 9.17) is 0 Å². The number of halogens is 12. The van der Waals surface area contributed by atoms with Crippen molar-refractivity contribution >= 4 is 34.1 Å². The summed E-state index contributed by atoms with van der Waals surface area (Å²) in [5, 5.41) is 0. The van der Waals surface area contributed by atoms with Crippen molar-refractivity contribution in [3.05, 3.63) is 190 Å². The number of fused-ring (bicyclic) bond motifs is 3. The summed E-state index contributed by atoms with van der Waals surface area (Å²) in [6, 6.07) is 33.8. The summed E-state index contributed by atoms with van der Waals surface area (Å²) in [5.74, 6) is 0. The fourth-order valence-corrected chi connectivity index (χ4v) is 11.1. The maximum absolute atomic E-state index is 14.5. The summed E-state index contributed by atoms with van der Waals surface area (Å²) < 4.78 is 172. The average molecular weight is 1100 g/mol. The normalized spacial score (nSPS) is 13.4. The predicted molar refractivity (Wildman–Crippen MR) is 293 cm³/mol. The van der Waals surface area contributed by atoms with Crippen LogP contribution in [0.4, 0.5) is 86.8 Å². The average Bonchev–Trinajstić information content (AvgIpc) is 3.93. The smallest absolute Gasteiger partial charge is 0.310 e. The molecule has 8 rings (SSSR count). The Balaban J connectivity index is 1.23. The first-order valence-corrected chi connectivity index (χ1v) is 27.1. The minimum atomic E-state index is -5.20. The van der Waals surface area contributed by atoms with Gasteiger partial charge in [0.2, 0.25) is 0 Å². The van der Waals surface area contributed by atoms with Gasteiger partial charge in [0.05, 0.1) is 22.3 Å². The van der Waals surface area contributed by atoms with Crippen molar-refractivity contribution in [2.45, 2.75) is 148 Å². The fraction of sp³-hybridized carbons (Fsp3) is 0.354. The number of aryl methyl sites for hydroxylation is 2. The van der Waals surface area contributed by atoms with Gasteiger partial charge >= 0.3 is 24.7 Å². The van der Waals surface area contributed by atoms with Crippen molar-refractivity contribution in [1.29, 1.82) is 0 Å². The van der Waals surface area contributed by atoms with Gasteiger partial charge in [-0.1, -0.05) is 157 Å². The molecule has 1 aliphatic carbocycles. The van der Waals surface area contributed by atoms with E-state index in [0.717, 1.165) is 85.8 Å². The molecule has 79 heavy (non-hydrogen) atoms. The van der Waals surface area contributed by atoms with Crippen LogP contribution in [0.1, 0.15) is 148 Å². The van der Waals surface area contributed by atoms with Gasteiger partial charge in [0, 0.05) is 39.5 Å². The Morgan fingerprint density at radius 3 is 1.03 bits per heavy atom. The molecule has 418 valence electrons. The molecule has 0 radical (unpaired) electrons. The zero-order chi connectivity index (χ0) is 56.9. The van der Waals surface area contributed by atoms with Crippen LogP contribution in [0.15, 0.2) is 146 Å². The third-order valence-electron chi connectivity index (χ3n) is 15.2. The molecule has 0 atom stereocenters. The molecule has 1 aliphatic rings. The third-order valence-corrected chi connectivity index (χ3v) is 15.2. The van der Waals surface area contributed by atoms with Crippen molar-refractivity contribution in [1.82, 2.24) is 0 Å². The van der Waals surface area contributed by atoms with Crippen molar-refractivity contribution < 1.29 is 52.7 Å². The maximum atomic E-state index is 14.5. The lowest BCUT2D eigenvalue weighted by Gasteiger charge is -2.33. The van der Waals surface area contributed by atoms with Crippen molar-refractivity contribution in [2.75, 3.05) is 9.80 Å². The van der Waals surface area contributed by atoms with E-state index in [0.29, 0.717) is 24.3 Å². The molecule has 0 fully saturated rings. The lowest BCUT2D eigenvalue weighted by atomic mass is 9.70. The molecule has 0 bridgehead atoms. The van der Waals surface area contributed by atoms with E-state index < -0.39 is 58.3 Å². The molecule has 2 nitrogen and oxygen atoms in total. The highest BCUT2D eigenvalue weighted by Crippen LogP contribution is 2.56. The number of alkyl halides is 12. The summed E-state index contributed by atoms with van der Waals surface area (Å²) in [6.45, 7) is 8.26. The molecule has 0 heterocycles. The van der Waals surface area contributed by atoms with E-state index in [1.807, 2.05) is 6.07 Å². The monoisotopic (exact) mass is 1100 g/mol. The van der Waals surface area contributed by atoms with Gasteiger partial charge in [0.1, 0.15) is 0 Å². The lowest BCUT2D eigenvalue weighted by molar-refractivity contribution is -0.144. The number of nitrogens with zero attached hydrogens (tertiary/aromatic N) is 2. The molecule has 0 unspecified atom stereocenters. The van der Waals surface area contributed by atoms with Gasteiger partial charge in [-0.15, -0.1) is 0 Å². The maximum Gasteiger partial charge on any atom is 0.416 e. The van der Waals surface area contributed by atoms with Gasteiger partial charge in [-0.2, -0.15) is 52.7 Å². The number of rotatable bonds is 21. The Morgan fingerprint density at radius 1 is 0.316 bits per heavy atom.